The van der Waals surface area contributed by atoms with E-state index in [0.717, 1.165) is 18.2 Å². The molecule has 0 fully saturated rings. The normalized spacial score (nSPS) is 11.6. The van der Waals surface area contributed by atoms with Crippen LogP contribution in [-0.4, -0.2) is 26.0 Å². The van der Waals surface area contributed by atoms with E-state index < -0.39 is 32.8 Å². The topological polar surface area (TPSA) is 98.1 Å². The molecule has 4 aromatic rings. The average molecular weight is 575 g/mol. The van der Waals surface area contributed by atoms with Gasteiger partial charge in [-0.15, -0.1) is 0 Å². The van der Waals surface area contributed by atoms with E-state index >= 15 is 0 Å². The van der Waals surface area contributed by atoms with Crippen LogP contribution in [0.15, 0.2) is 101 Å². The van der Waals surface area contributed by atoms with Gasteiger partial charge in [0.1, 0.15) is 22.2 Å². The maximum atomic E-state index is 13.2. The minimum absolute atomic E-state index is 0.103. The third-order valence-corrected chi connectivity index (χ3v) is 6.84. The molecule has 0 atom stereocenters. The smallest absolute Gasteiger partial charge is 0.416 e. The SMILES string of the molecule is CCOc1ccccc1NC(=O)N(Cc1ccc(OS(=O)(=O)c2cccc(C(F)(F)F)c2)cc1)Cc1ccco1. The van der Waals surface area contributed by atoms with E-state index in [1.807, 2.05) is 6.92 Å². The van der Waals surface area contributed by atoms with E-state index in [-0.39, 0.29) is 18.8 Å². The Morgan fingerprint density at radius 1 is 0.950 bits per heavy atom. The average Bonchev–Trinajstić information content (AvgIpc) is 3.43. The Morgan fingerprint density at radius 3 is 2.38 bits per heavy atom. The summed E-state index contributed by atoms with van der Waals surface area (Å²) in [6.45, 7) is 2.50. The first-order chi connectivity index (χ1) is 19.0. The molecule has 0 spiro atoms. The summed E-state index contributed by atoms with van der Waals surface area (Å²) in [5.41, 5.74) is 0.0114. The number of amides is 2. The third-order valence-electron chi connectivity index (χ3n) is 5.60. The van der Waals surface area contributed by atoms with E-state index in [9.17, 15) is 26.4 Å². The Labute approximate surface area is 229 Å². The maximum absolute atomic E-state index is 13.2. The number of nitrogens with one attached hydrogen (secondary N) is 1. The molecule has 0 saturated heterocycles. The van der Waals surface area contributed by atoms with E-state index in [0.29, 0.717) is 35.4 Å². The first-order valence-corrected chi connectivity index (χ1v) is 13.5. The van der Waals surface area contributed by atoms with E-state index in [4.69, 9.17) is 13.3 Å². The lowest BCUT2D eigenvalue weighted by molar-refractivity contribution is -0.137. The standard InChI is InChI=1S/C28H25F3N2O6S/c1-2-37-26-11-4-3-10-25(26)32-27(34)33(19-23-8-6-16-38-23)18-20-12-14-22(15-13-20)39-40(35,36)24-9-5-7-21(17-24)28(29,30)31/h3-17H,2,18-19H2,1H3,(H,32,34). The number of alkyl halides is 3. The van der Waals surface area contributed by atoms with Gasteiger partial charge in [0.25, 0.3) is 0 Å². The molecule has 0 aliphatic rings. The van der Waals surface area contributed by atoms with Gasteiger partial charge in [-0.1, -0.05) is 30.3 Å². The zero-order valence-electron chi connectivity index (χ0n) is 21.2. The van der Waals surface area contributed by atoms with Crippen molar-refractivity contribution in [1.29, 1.82) is 0 Å². The van der Waals surface area contributed by atoms with Gasteiger partial charge in [-0.05, 0) is 67.1 Å². The van der Waals surface area contributed by atoms with Crippen molar-refractivity contribution in [3.63, 3.8) is 0 Å². The second kappa shape index (κ2) is 12.2. The van der Waals surface area contributed by atoms with Crippen LogP contribution < -0.4 is 14.2 Å². The molecular formula is C28H25F3N2O6S. The summed E-state index contributed by atoms with van der Waals surface area (Å²) in [5.74, 6) is 0.953. The summed E-state index contributed by atoms with van der Waals surface area (Å²) in [7, 11) is -4.52. The van der Waals surface area contributed by atoms with Crippen molar-refractivity contribution < 1.29 is 39.7 Å². The number of anilines is 1. The van der Waals surface area contributed by atoms with E-state index in [2.05, 4.69) is 5.32 Å². The molecule has 0 saturated carbocycles. The summed E-state index contributed by atoms with van der Waals surface area (Å²) < 4.78 is 80.2. The van der Waals surface area contributed by atoms with Gasteiger partial charge in [0.15, 0.2) is 0 Å². The molecule has 210 valence electrons. The van der Waals surface area contributed by atoms with Gasteiger partial charge in [-0.3, -0.25) is 0 Å². The molecule has 0 radical (unpaired) electrons. The molecule has 40 heavy (non-hydrogen) atoms. The highest BCUT2D eigenvalue weighted by Crippen LogP contribution is 2.31. The maximum Gasteiger partial charge on any atom is 0.416 e. The number of hydrogen-bond acceptors (Lipinski definition) is 6. The molecule has 0 aliphatic heterocycles. The van der Waals surface area contributed by atoms with Crippen molar-refractivity contribution in [2.45, 2.75) is 31.1 Å². The van der Waals surface area contributed by atoms with Crippen LogP contribution in [0, 0.1) is 0 Å². The number of nitrogens with zero attached hydrogens (tertiary/aromatic N) is 1. The summed E-state index contributed by atoms with van der Waals surface area (Å²) >= 11 is 0. The fourth-order valence-corrected chi connectivity index (χ4v) is 4.69. The fourth-order valence-electron chi connectivity index (χ4n) is 3.71. The largest absolute Gasteiger partial charge is 0.492 e. The summed E-state index contributed by atoms with van der Waals surface area (Å²) in [4.78, 5) is 14.1. The van der Waals surface area contributed by atoms with Gasteiger partial charge < -0.3 is 23.6 Å². The Bertz CT molecular complexity index is 1540. The van der Waals surface area contributed by atoms with Gasteiger partial charge in [0, 0.05) is 6.54 Å². The minimum atomic E-state index is -4.70. The van der Waals surface area contributed by atoms with Gasteiger partial charge in [-0.2, -0.15) is 21.6 Å². The number of carbonyl (C=O) groups excluding carboxylic acids is 1. The summed E-state index contributed by atoms with van der Waals surface area (Å²) in [6.07, 6.45) is -3.21. The minimum Gasteiger partial charge on any atom is -0.492 e. The Balaban J connectivity index is 1.49. The summed E-state index contributed by atoms with van der Waals surface area (Å²) in [6, 6.07) is 19.1. The highest BCUT2D eigenvalue weighted by Gasteiger charge is 2.32. The molecule has 0 aliphatic carbocycles. The molecule has 1 aromatic heterocycles. The van der Waals surface area contributed by atoms with Crippen LogP contribution in [-0.2, 0) is 29.4 Å². The van der Waals surface area contributed by atoms with Gasteiger partial charge in [0.2, 0.25) is 0 Å². The van der Waals surface area contributed by atoms with Crippen LogP contribution in [0.1, 0.15) is 23.8 Å². The second-order valence-corrected chi connectivity index (χ2v) is 10.0. The number of para-hydroxylation sites is 2. The fraction of sp³-hybridized carbons (Fsp3) is 0.179. The van der Waals surface area contributed by atoms with E-state index in [1.54, 1.807) is 48.5 Å². The number of urea groups is 1. The van der Waals surface area contributed by atoms with Gasteiger partial charge in [0.05, 0.1) is 30.7 Å². The van der Waals surface area contributed by atoms with E-state index in [1.165, 1.54) is 23.3 Å². The van der Waals surface area contributed by atoms with Crippen molar-refractivity contribution in [3.8, 4) is 11.5 Å². The van der Waals surface area contributed by atoms with Gasteiger partial charge >= 0.3 is 22.3 Å². The predicted molar refractivity (Wildman–Crippen MR) is 140 cm³/mol. The van der Waals surface area contributed by atoms with Crippen LogP contribution in [0.5, 0.6) is 11.5 Å². The molecule has 1 N–H and O–H groups in total. The number of halogens is 3. The van der Waals surface area contributed by atoms with Crippen LogP contribution in [0.2, 0.25) is 0 Å². The highest BCUT2D eigenvalue weighted by atomic mass is 32.2. The number of ether oxygens (including phenoxy) is 1. The molecule has 0 unspecified atom stereocenters. The summed E-state index contributed by atoms with van der Waals surface area (Å²) in [5, 5.41) is 2.84. The zero-order valence-corrected chi connectivity index (χ0v) is 22.0. The highest BCUT2D eigenvalue weighted by molar-refractivity contribution is 7.87. The number of hydrogen-bond donors (Lipinski definition) is 1. The number of rotatable bonds is 10. The van der Waals surface area contributed by atoms with Crippen molar-refractivity contribution in [3.05, 3.63) is 108 Å². The molecule has 1 heterocycles. The lowest BCUT2D eigenvalue weighted by Crippen LogP contribution is -2.34. The number of carbonyl (C=O) groups is 1. The van der Waals surface area contributed by atoms with Crippen LogP contribution >= 0.6 is 0 Å². The zero-order chi connectivity index (χ0) is 28.8. The molecule has 3 aromatic carbocycles. The Hall–Kier alpha value is -4.45. The Morgan fingerprint density at radius 2 is 1.70 bits per heavy atom. The first-order valence-electron chi connectivity index (χ1n) is 12.1. The number of furan rings is 1. The lowest BCUT2D eigenvalue weighted by atomic mass is 10.2. The predicted octanol–water partition coefficient (Wildman–Crippen LogP) is 6.70. The molecule has 0 bridgehead atoms. The van der Waals surface area contributed by atoms with Crippen molar-refractivity contribution in [2.24, 2.45) is 0 Å². The Kier molecular flexibility index (Phi) is 8.68. The quantitative estimate of drug-likeness (QED) is 0.212. The molecular weight excluding hydrogens is 549 g/mol. The molecule has 4 rings (SSSR count). The first kappa shape index (κ1) is 28.6. The van der Waals surface area contributed by atoms with Crippen molar-refractivity contribution in [1.82, 2.24) is 4.90 Å². The number of benzene rings is 3. The molecule has 8 nitrogen and oxygen atoms in total. The third kappa shape index (κ3) is 7.35. The monoisotopic (exact) mass is 574 g/mol. The van der Waals surface area contributed by atoms with Gasteiger partial charge in [-0.25, -0.2) is 4.79 Å². The van der Waals surface area contributed by atoms with Crippen molar-refractivity contribution in [2.75, 3.05) is 11.9 Å². The van der Waals surface area contributed by atoms with Crippen LogP contribution in [0.25, 0.3) is 0 Å². The lowest BCUT2D eigenvalue weighted by Gasteiger charge is -2.23. The molecule has 2 amide bonds. The second-order valence-electron chi connectivity index (χ2n) is 8.50. The van der Waals surface area contributed by atoms with Crippen LogP contribution in [0.3, 0.4) is 0 Å². The van der Waals surface area contributed by atoms with Crippen molar-refractivity contribution >= 4 is 21.8 Å². The molecule has 12 heteroatoms. The van der Waals surface area contributed by atoms with Crippen LogP contribution in [0.4, 0.5) is 23.7 Å².